The molecule has 3 nitrogen and oxygen atoms in total. The molecule has 1 amide bonds. The van der Waals surface area contributed by atoms with Crippen LogP contribution in [0, 0.1) is 6.92 Å². The average molecular weight is 329 g/mol. The van der Waals surface area contributed by atoms with E-state index in [9.17, 15) is 4.79 Å². The predicted molar refractivity (Wildman–Crippen MR) is 94.7 cm³/mol. The fourth-order valence-electron chi connectivity index (χ4n) is 3.15. The van der Waals surface area contributed by atoms with Crippen LogP contribution in [0.3, 0.4) is 0 Å². The van der Waals surface area contributed by atoms with Gasteiger partial charge in [0.15, 0.2) is 6.54 Å². The number of hydrogen-bond acceptors (Lipinski definition) is 2. The highest BCUT2D eigenvalue weighted by molar-refractivity contribution is 7.10. The number of carbonyl (C=O) groups is 1. The summed E-state index contributed by atoms with van der Waals surface area (Å²) < 4.78 is 0. The molecule has 23 heavy (non-hydrogen) atoms. The van der Waals surface area contributed by atoms with Crippen molar-refractivity contribution in [1.82, 2.24) is 4.90 Å². The summed E-state index contributed by atoms with van der Waals surface area (Å²) in [6.45, 7) is 7.69. The number of amides is 1. The molecule has 2 aromatic rings. The summed E-state index contributed by atoms with van der Waals surface area (Å²) in [5.74, 6) is 0.237. The van der Waals surface area contributed by atoms with Crippen molar-refractivity contribution in [3.05, 3.63) is 57.3 Å². The molecular formula is C19H25N2OS+. The summed E-state index contributed by atoms with van der Waals surface area (Å²) in [5, 5.41) is 4.26. The van der Waals surface area contributed by atoms with E-state index in [-0.39, 0.29) is 11.9 Å². The molecule has 2 heterocycles. The highest BCUT2D eigenvalue weighted by Crippen LogP contribution is 2.37. The van der Waals surface area contributed by atoms with Crippen LogP contribution in [-0.2, 0) is 11.2 Å². The lowest BCUT2D eigenvalue weighted by Gasteiger charge is -2.36. The number of nitrogens with zero attached hydrogens (tertiary/aromatic N) is 1. The quantitative estimate of drug-likeness (QED) is 0.919. The smallest absolute Gasteiger partial charge is 0.278 e. The number of rotatable bonds is 4. The first-order chi connectivity index (χ1) is 11.1. The van der Waals surface area contributed by atoms with Gasteiger partial charge in [0.25, 0.3) is 5.91 Å². The third-order valence-corrected chi connectivity index (χ3v) is 5.44. The standard InChI is InChI=1S/C19H24N2OS/c1-13(2)20-12-18(22)21-10-8-17-16(9-11-23-17)19(21)15-6-4-14(3)5-7-15/h4-7,9,11,13,19-20H,8,10,12H2,1-3H3/p+1/t19-/m0/s1. The summed E-state index contributed by atoms with van der Waals surface area (Å²) in [6, 6.07) is 11.3. The second-order valence-corrected chi connectivity index (χ2v) is 7.63. The summed E-state index contributed by atoms with van der Waals surface area (Å²) in [7, 11) is 0. The molecule has 0 radical (unpaired) electrons. The lowest BCUT2D eigenvalue weighted by atomic mass is 9.92. The Labute approximate surface area is 142 Å². The Hall–Kier alpha value is -1.65. The SMILES string of the molecule is Cc1ccc([C@H]2c3ccsc3CCN2C(=O)C[NH2+]C(C)C)cc1. The molecule has 122 valence electrons. The van der Waals surface area contributed by atoms with Crippen molar-refractivity contribution in [2.75, 3.05) is 13.1 Å². The van der Waals surface area contributed by atoms with E-state index in [2.05, 4.69) is 66.7 Å². The van der Waals surface area contributed by atoms with Gasteiger partial charge in [0, 0.05) is 11.4 Å². The molecule has 3 rings (SSSR count). The van der Waals surface area contributed by atoms with Crippen LogP contribution in [-0.4, -0.2) is 29.9 Å². The number of aryl methyl sites for hydroxylation is 1. The topological polar surface area (TPSA) is 36.9 Å². The zero-order valence-electron chi connectivity index (χ0n) is 14.1. The maximum Gasteiger partial charge on any atom is 0.278 e. The Bertz CT molecular complexity index is 675. The lowest BCUT2D eigenvalue weighted by molar-refractivity contribution is -0.673. The highest BCUT2D eigenvalue weighted by Gasteiger charge is 2.33. The largest absolute Gasteiger partial charge is 0.336 e. The van der Waals surface area contributed by atoms with E-state index in [0.717, 1.165) is 13.0 Å². The van der Waals surface area contributed by atoms with Gasteiger partial charge < -0.3 is 10.2 Å². The van der Waals surface area contributed by atoms with Gasteiger partial charge in [0.1, 0.15) is 0 Å². The number of carbonyl (C=O) groups excluding carboxylic acids is 1. The second kappa shape index (κ2) is 6.85. The van der Waals surface area contributed by atoms with Gasteiger partial charge in [-0.2, -0.15) is 0 Å². The van der Waals surface area contributed by atoms with Gasteiger partial charge in [-0.1, -0.05) is 29.8 Å². The molecule has 0 saturated carbocycles. The van der Waals surface area contributed by atoms with Crippen molar-refractivity contribution in [3.8, 4) is 0 Å². The summed E-state index contributed by atoms with van der Waals surface area (Å²) in [4.78, 5) is 16.3. The molecule has 1 aliphatic rings. The zero-order valence-corrected chi connectivity index (χ0v) is 14.9. The van der Waals surface area contributed by atoms with E-state index >= 15 is 0 Å². The van der Waals surface area contributed by atoms with Crippen molar-refractivity contribution in [3.63, 3.8) is 0 Å². The van der Waals surface area contributed by atoms with E-state index in [4.69, 9.17) is 0 Å². The molecule has 1 atom stereocenters. The van der Waals surface area contributed by atoms with Crippen LogP contribution in [0.4, 0.5) is 0 Å². The predicted octanol–water partition coefficient (Wildman–Crippen LogP) is 2.50. The minimum Gasteiger partial charge on any atom is -0.336 e. The van der Waals surface area contributed by atoms with Crippen LogP contribution < -0.4 is 5.32 Å². The van der Waals surface area contributed by atoms with Crippen molar-refractivity contribution >= 4 is 17.2 Å². The lowest BCUT2D eigenvalue weighted by Crippen LogP contribution is -2.90. The molecule has 0 bridgehead atoms. The fraction of sp³-hybridized carbons (Fsp3) is 0.421. The maximum atomic E-state index is 12.8. The Balaban J connectivity index is 1.92. The number of benzene rings is 1. The van der Waals surface area contributed by atoms with Crippen molar-refractivity contribution in [2.24, 2.45) is 0 Å². The first-order valence-electron chi connectivity index (χ1n) is 8.32. The summed E-state index contributed by atoms with van der Waals surface area (Å²) >= 11 is 1.81. The maximum absolute atomic E-state index is 12.8. The van der Waals surface area contributed by atoms with Gasteiger partial charge in [0.2, 0.25) is 0 Å². The highest BCUT2D eigenvalue weighted by atomic mass is 32.1. The number of nitrogens with two attached hydrogens (primary N) is 1. The van der Waals surface area contributed by atoms with E-state index in [1.165, 1.54) is 21.6 Å². The molecule has 0 saturated heterocycles. The monoisotopic (exact) mass is 329 g/mol. The molecule has 0 fully saturated rings. The van der Waals surface area contributed by atoms with Gasteiger partial charge in [-0.25, -0.2) is 0 Å². The van der Waals surface area contributed by atoms with Gasteiger partial charge in [-0.15, -0.1) is 11.3 Å². The van der Waals surface area contributed by atoms with Crippen LogP contribution in [0.5, 0.6) is 0 Å². The van der Waals surface area contributed by atoms with E-state index in [1.807, 2.05) is 11.3 Å². The zero-order chi connectivity index (χ0) is 16.4. The number of thiophene rings is 1. The third-order valence-electron chi connectivity index (χ3n) is 4.44. The Morgan fingerprint density at radius 2 is 2.04 bits per heavy atom. The van der Waals surface area contributed by atoms with E-state index in [0.29, 0.717) is 12.6 Å². The number of hydrogen-bond donors (Lipinski definition) is 1. The fourth-order valence-corrected chi connectivity index (χ4v) is 4.05. The molecule has 1 aliphatic heterocycles. The molecular weight excluding hydrogens is 304 g/mol. The van der Waals surface area contributed by atoms with Crippen LogP contribution in [0.2, 0.25) is 0 Å². The summed E-state index contributed by atoms with van der Waals surface area (Å²) in [6.07, 6.45) is 0.975. The number of fused-ring (bicyclic) bond motifs is 1. The van der Waals surface area contributed by atoms with Crippen LogP contribution in [0.15, 0.2) is 35.7 Å². The normalized spacial score (nSPS) is 17.4. The first-order valence-corrected chi connectivity index (χ1v) is 9.20. The van der Waals surface area contributed by atoms with E-state index in [1.54, 1.807) is 0 Å². The molecule has 1 aromatic carbocycles. The van der Waals surface area contributed by atoms with Crippen molar-refractivity contribution in [1.29, 1.82) is 0 Å². The third kappa shape index (κ3) is 3.48. The summed E-state index contributed by atoms with van der Waals surface area (Å²) in [5.41, 5.74) is 3.77. The number of quaternary nitrogens is 1. The van der Waals surface area contributed by atoms with Gasteiger partial charge >= 0.3 is 0 Å². The molecule has 0 spiro atoms. The van der Waals surface area contributed by atoms with Crippen LogP contribution in [0.1, 0.15) is 41.5 Å². The molecule has 0 aliphatic carbocycles. The first kappa shape index (κ1) is 16.2. The van der Waals surface area contributed by atoms with Gasteiger partial charge in [-0.3, -0.25) is 4.79 Å². The molecule has 2 N–H and O–H groups in total. The second-order valence-electron chi connectivity index (χ2n) is 6.63. The molecule has 1 aromatic heterocycles. The Morgan fingerprint density at radius 3 is 2.74 bits per heavy atom. The van der Waals surface area contributed by atoms with Crippen LogP contribution in [0.25, 0.3) is 0 Å². The Morgan fingerprint density at radius 1 is 1.30 bits per heavy atom. The molecule has 0 unspecified atom stereocenters. The van der Waals surface area contributed by atoms with Crippen LogP contribution >= 0.6 is 11.3 Å². The van der Waals surface area contributed by atoms with Gasteiger partial charge in [0.05, 0.1) is 12.1 Å². The van der Waals surface area contributed by atoms with Gasteiger partial charge in [-0.05, 0) is 49.8 Å². The van der Waals surface area contributed by atoms with Crippen molar-refractivity contribution in [2.45, 2.75) is 39.3 Å². The van der Waals surface area contributed by atoms with Crippen molar-refractivity contribution < 1.29 is 10.1 Å². The average Bonchev–Trinajstić information content (AvgIpc) is 3.01. The Kier molecular flexibility index (Phi) is 4.83. The molecule has 4 heteroatoms. The minimum absolute atomic E-state index is 0.0682. The van der Waals surface area contributed by atoms with E-state index < -0.39 is 0 Å². The minimum atomic E-state index is 0.0682.